The van der Waals surface area contributed by atoms with E-state index in [-0.39, 0.29) is 24.1 Å². The lowest BCUT2D eigenvalue weighted by Gasteiger charge is -2.29. The zero-order chi connectivity index (χ0) is 14.4. The van der Waals surface area contributed by atoms with Crippen LogP contribution in [0.25, 0.3) is 0 Å². The molecule has 0 saturated carbocycles. The van der Waals surface area contributed by atoms with Gasteiger partial charge in [-0.05, 0) is 25.0 Å². The summed E-state index contributed by atoms with van der Waals surface area (Å²) < 4.78 is 5.00. The van der Waals surface area contributed by atoms with Crippen LogP contribution in [0.5, 0.6) is 0 Å². The Morgan fingerprint density at radius 2 is 2.26 bits per heavy atom. The molecular weight excluding hydrogens is 264 g/mol. The fourth-order valence-corrected chi connectivity index (χ4v) is 3.43. The number of rotatable bonds is 6. The predicted molar refractivity (Wildman–Crippen MR) is 76.2 cm³/mol. The molecule has 1 aliphatic rings. The normalized spacial score (nSPS) is 24.8. The monoisotopic (exact) mass is 286 g/mol. The minimum Gasteiger partial charge on any atom is -0.511 e. The average molecular weight is 286 g/mol. The predicted octanol–water partition coefficient (Wildman–Crippen LogP) is 2.73. The van der Waals surface area contributed by atoms with Crippen LogP contribution < -0.4 is 0 Å². The molecule has 0 radical (unpaired) electrons. The number of esters is 1. The Balaban J connectivity index is 2.82. The van der Waals surface area contributed by atoms with Crippen molar-refractivity contribution in [1.82, 2.24) is 0 Å². The Hall–Kier alpha value is -0.970. The van der Waals surface area contributed by atoms with Gasteiger partial charge in [0.1, 0.15) is 11.7 Å². The van der Waals surface area contributed by atoms with Gasteiger partial charge in [0.15, 0.2) is 5.78 Å². The first-order valence-electron chi connectivity index (χ1n) is 6.71. The number of aliphatic hydroxyl groups excluding tert-OH is 1. The summed E-state index contributed by atoms with van der Waals surface area (Å²) in [7, 11) is 0. The van der Waals surface area contributed by atoms with Gasteiger partial charge in [-0.2, -0.15) is 11.8 Å². The summed E-state index contributed by atoms with van der Waals surface area (Å²) in [6, 6.07) is 0. The summed E-state index contributed by atoms with van der Waals surface area (Å²) in [5, 5.41) is 10.2. The molecule has 0 aromatic carbocycles. The van der Waals surface area contributed by atoms with E-state index in [0.29, 0.717) is 11.7 Å². The number of ether oxygens (including phenoxy) is 1. The summed E-state index contributed by atoms with van der Waals surface area (Å²) in [6.07, 6.45) is 2.20. The molecule has 5 heteroatoms. The topological polar surface area (TPSA) is 63.6 Å². The van der Waals surface area contributed by atoms with E-state index in [9.17, 15) is 14.7 Å². The van der Waals surface area contributed by atoms with Crippen LogP contribution in [-0.4, -0.2) is 34.5 Å². The Labute approximate surface area is 118 Å². The van der Waals surface area contributed by atoms with Gasteiger partial charge < -0.3 is 9.84 Å². The van der Waals surface area contributed by atoms with E-state index in [2.05, 4.69) is 13.8 Å². The summed E-state index contributed by atoms with van der Waals surface area (Å²) in [5.41, 5.74) is 0. The molecule has 0 saturated heterocycles. The van der Waals surface area contributed by atoms with Gasteiger partial charge in [0, 0.05) is 17.7 Å². The van der Waals surface area contributed by atoms with E-state index in [0.717, 1.165) is 18.2 Å². The molecule has 108 valence electrons. The molecule has 1 rings (SSSR count). The summed E-state index contributed by atoms with van der Waals surface area (Å²) in [4.78, 5) is 23.5. The number of hydrogen-bond donors (Lipinski definition) is 1. The number of aliphatic hydroxyl groups is 1. The van der Waals surface area contributed by atoms with Crippen LogP contribution in [0.4, 0.5) is 0 Å². The van der Waals surface area contributed by atoms with Crippen molar-refractivity contribution in [3.05, 3.63) is 11.8 Å². The molecule has 0 aliphatic heterocycles. The maximum atomic E-state index is 11.9. The summed E-state index contributed by atoms with van der Waals surface area (Å²) >= 11 is 1.79. The third-order valence-corrected chi connectivity index (χ3v) is 4.28. The highest BCUT2D eigenvalue weighted by atomic mass is 32.2. The first kappa shape index (κ1) is 16.1. The zero-order valence-corrected chi connectivity index (χ0v) is 12.5. The highest BCUT2D eigenvalue weighted by molar-refractivity contribution is 7.99. The van der Waals surface area contributed by atoms with Crippen LogP contribution >= 0.6 is 11.8 Å². The number of allylic oxidation sites excluding steroid dienone is 1. The zero-order valence-electron chi connectivity index (χ0n) is 11.7. The number of ketones is 1. The standard InChI is InChI=1S/C14H22O4S/c1-4-18-14(17)13-10(6-9(3)19-5-2)7-11(15)8-12(13)16/h8-10,13,16H,4-7H2,1-3H3/t9-,10-,13+/m1/s1. The van der Waals surface area contributed by atoms with Crippen molar-refractivity contribution in [1.29, 1.82) is 0 Å². The van der Waals surface area contributed by atoms with Crippen molar-refractivity contribution in [2.45, 2.75) is 38.9 Å². The Morgan fingerprint density at radius 3 is 2.84 bits per heavy atom. The Bertz CT molecular complexity index is 364. The molecule has 0 heterocycles. The lowest BCUT2D eigenvalue weighted by molar-refractivity contribution is -0.150. The van der Waals surface area contributed by atoms with E-state index < -0.39 is 11.9 Å². The molecule has 0 unspecified atom stereocenters. The quantitative estimate of drug-likeness (QED) is 0.761. The maximum Gasteiger partial charge on any atom is 0.316 e. The van der Waals surface area contributed by atoms with Crippen LogP contribution in [0.1, 0.15) is 33.6 Å². The van der Waals surface area contributed by atoms with Crippen LogP contribution in [0.2, 0.25) is 0 Å². The SMILES string of the molecule is CCOC(=O)[C@@H]1C(O)=CC(=O)C[C@H]1C[C@@H](C)SCC. The molecule has 3 atom stereocenters. The van der Waals surface area contributed by atoms with Gasteiger partial charge in [-0.25, -0.2) is 0 Å². The minimum absolute atomic E-state index is 0.114. The largest absolute Gasteiger partial charge is 0.511 e. The molecule has 0 aromatic rings. The second-order valence-corrected chi connectivity index (χ2v) is 6.45. The van der Waals surface area contributed by atoms with E-state index in [4.69, 9.17) is 4.74 Å². The van der Waals surface area contributed by atoms with Gasteiger partial charge in [-0.1, -0.05) is 13.8 Å². The first-order valence-corrected chi connectivity index (χ1v) is 7.76. The smallest absolute Gasteiger partial charge is 0.316 e. The second-order valence-electron chi connectivity index (χ2n) is 4.73. The van der Waals surface area contributed by atoms with Crippen LogP contribution in [0.3, 0.4) is 0 Å². The molecule has 0 fully saturated rings. The van der Waals surface area contributed by atoms with E-state index in [1.165, 1.54) is 0 Å². The molecule has 1 N–H and O–H groups in total. The molecule has 4 nitrogen and oxygen atoms in total. The molecule has 0 bridgehead atoms. The van der Waals surface area contributed by atoms with Crippen molar-refractivity contribution in [3.8, 4) is 0 Å². The van der Waals surface area contributed by atoms with Gasteiger partial charge in [-0.3, -0.25) is 9.59 Å². The number of carbonyl (C=O) groups excluding carboxylic acids is 2. The Kier molecular flexibility index (Phi) is 6.42. The van der Waals surface area contributed by atoms with E-state index in [1.807, 2.05) is 0 Å². The molecule has 0 amide bonds. The minimum atomic E-state index is -0.683. The van der Waals surface area contributed by atoms with Crippen molar-refractivity contribution in [2.75, 3.05) is 12.4 Å². The second kappa shape index (κ2) is 7.58. The number of hydrogen-bond acceptors (Lipinski definition) is 5. The van der Waals surface area contributed by atoms with Crippen molar-refractivity contribution < 1.29 is 19.4 Å². The van der Waals surface area contributed by atoms with Gasteiger partial charge in [0.25, 0.3) is 0 Å². The third-order valence-electron chi connectivity index (χ3n) is 3.19. The molecular formula is C14H22O4S. The average Bonchev–Trinajstić information content (AvgIpc) is 2.28. The van der Waals surface area contributed by atoms with Gasteiger partial charge in [-0.15, -0.1) is 0 Å². The van der Waals surface area contributed by atoms with Gasteiger partial charge in [0.05, 0.1) is 6.61 Å². The van der Waals surface area contributed by atoms with Crippen LogP contribution in [-0.2, 0) is 14.3 Å². The van der Waals surface area contributed by atoms with E-state index in [1.54, 1.807) is 18.7 Å². The van der Waals surface area contributed by atoms with Crippen molar-refractivity contribution in [3.63, 3.8) is 0 Å². The van der Waals surface area contributed by atoms with Crippen molar-refractivity contribution >= 4 is 23.5 Å². The van der Waals surface area contributed by atoms with E-state index >= 15 is 0 Å². The lowest BCUT2D eigenvalue weighted by Crippen LogP contribution is -2.34. The molecule has 1 aliphatic carbocycles. The Morgan fingerprint density at radius 1 is 1.58 bits per heavy atom. The lowest BCUT2D eigenvalue weighted by atomic mass is 9.79. The fourth-order valence-electron chi connectivity index (χ4n) is 2.47. The van der Waals surface area contributed by atoms with Crippen molar-refractivity contribution in [2.24, 2.45) is 11.8 Å². The van der Waals surface area contributed by atoms with Gasteiger partial charge >= 0.3 is 5.97 Å². The fraction of sp³-hybridized carbons (Fsp3) is 0.714. The summed E-state index contributed by atoms with van der Waals surface area (Å²) in [5.74, 6) is -0.538. The molecule has 0 aromatic heterocycles. The van der Waals surface area contributed by atoms with Gasteiger partial charge in [0.2, 0.25) is 0 Å². The highest BCUT2D eigenvalue weighted by Gasteiger charge is 2.38. The molecule has 0 spiro atoms. The molecule has 19 heavy (non-hydrogen) atoms. The van der Waals surface area contributed by atoms with Crippen LogP contribution in [0.15, 0.2) is 11.8 Å². The first-order chi connectivity index (χ1) is 8.99. The number of thioether (sulfide) groups is 1. The summed E-state index contributed by atoms with van der Waals surface area (Å²) in [6.45, 7) is 6.17. The number of carbonyl (C=O) groups is 2. The highest BCUT2D eigenvalue weighted by Crippen LogP contribution is 2.34. The maximum absolute atomic E-state index is 11.9. The van der Waals surface area contributed by atoms with Crippen LogP contribution in [0, 0.1) is 11.8 Å². The third kappa shape index (κ3) is 4.56.